The zero-order valence-corrected chi connectivity index (χ0v) is 14.7. The van der Waals surface area contributed by atoms with Gasteiger partial charge in [0.05, 0.1) is 11.7 Å². The Kier molecular flexibility index (Phi) is 5.22. The van der Waals surface area contributed by atoms with Gasteiger partial charge >= 0.3 is 6.03 Å². The molecule has 1 aromatic carbocycles. The molecule has 25 heavy (non-hydrogen) atoms. The number of hydrogen-bond acceptors (Lipinski definition) is 3. The predicted molar refractivity (Wildman–Crippen MR) is 93.9 cm³/mol. The van der Waals surface area contributed by atoms with Gasteiger partial charge < -0.3 is 15.5 Å². The third-order valence-electron chi connectivity index (χ3n) is 4.82. The summed E-state index contributed by atoms with van der Waals surface area (Å²) in [4.78, 5) is 28.2. The van der Waals surface area contributed by atoms with Crippen molar-refractivity contribution in [2.75, 3.05) is 31.5 Å². The van der Waals surface area contributed by atoms with E-state index in [2.05, 4.69) is 15.5 Å². The second-order valence-corrected chi connectivity index (χ2v) is 6.90. The van der Waals surface area contributed by atoms with Gasteiger partial charge in [0, 0.05) is 32.2 Å². The lowest BCUT2D eigenvalue weighted by molar-refractivity contribution is -0.126. The number of aryl methyl sites for hydroxylation is 1. The fourth-order valence-electron chi connectivity index (χ4n) is 2.96. The fourth-order valence-corrected chi connectivity index (χ4v) is 2.96. The summed E-state index contributed by atoms with van der Waals surface area (Å²) in [7, 11) is 0. The lowest BCUT2D eigenvalue weighted by Gasteiger charge is -2.37. The highest BCUT2D eigenvalue weighted by atomic mass is 19.1. The Morgan fingerprint density at radius 2 is 1.88 bits per heavy atom. The summed E-state index contributed by atoms with van der Waals surface area (Å²) < 4.78 is 13.8. The molecule has 1 atom stereocenters. The Hall–Kier alpha value is -2.15. The van der Waals surface area contributed by atoms with Crippen molar-refractivity contribution in [1.82, 2.24) is 15.1 Å². The molecule has 1 aliphatic heterocycles. The zero-order chi connectivity index (χ0) is 18.0. The third-order valence-corrected chi connectivity index (χ3v) is 4.82. The Morgan fingerprint density at radius 1 is 1.20 bits per heavy atom. The minimum Gasteiger partial charge on any atom is -0.352 e. The van der Waals surface area contributed by atoms with Gasteiger partial charge in [-0.3, -0.25) is 9.69 Å². The molecule has 0 aromatic heterocycles. The van der Waals surface area contributed by atoms with Crippen molar-refractivity contribution in [2.24, 2.45) is 0 Å². The van der Waals surface area contributed by atoms with Crippen LogP contribution in [0.2, 0.25) is 0 Å². The number of amides is 3. The molecule has 3 amide bonds. The molecule has 0 spiro atoms. The van der Waals surface area contributed by atoms with Crippen LogP contribution in [0.3, 0.4) is 0 Å². The molecule has 2 fully saturated rings. The summed E-state index contributed by atoms with van der Waals surface area (Å²) in [5.74, 6) is -0.384. The summed E-state index contributed by atoms with van der Waals surface area (Å²) >= 11 is 0. The van der Waals surface area contributed by atoms with E-state index < -0.39 is 5.82 Å². The van der Waals surface area contributed by atoms with E-state index in [1.54, 1.807) is 17.0 Å². The third kappa shape index (κ3) is 4.48. The second kappa shape index (κ2) is 7.39. The van der Waals surface area contributed by atoms with Crippen LogP contribution in [-0.4, -0.2) is 60.0 Å². The molecule has 2 N–H and O–H groups in total. The van der Waals surface area contributed by atoms with Crippen LogP contribution in [0, 0.1) is 12.7 Å². The van der Waals surface area contributed by atoms with Crippen molar-refractivity contribution in [2.45, 2.75) is 38.8 Å². The minimum atomic E-state index is -0.442. The molecule has 136 valence electrons. The Bertz CT molecular complexity index is 654. The van der Waals surface area contributed by atoms with E-state index in [0.29, 0.717) is 32.2 Å². The molecule has 3 rings (SSSR count). The van der Waals surface area contributed by atoms with Crippen molar-refractivity contribution in [1.29, 1.82) is 0 Å². The highest BCUT2D eigenvalue weighted by Crippen LogP contribution is 2.20. The summed E-state index contributed by atoms with van der Waals surface area (Å²) in [5, 5.41) is 5.65. The minimum absolute atomic E-state index is 0.0576. The van der Waals surface area contributed by atoms with Crippen molar-refractivity contribution in [3.63, 3.8) is 0 Å². The largest absolute Gasteiger partial charge is 0.352 e. The molecule has 1 saturated heterocycles. The monoisotopic (exact) mass is 348 g/mol. The van der Waals surface area contributed by atoms with Crippen LogP contribution in [0.15, 0.2) is 18.2 Å². The van der Waals surface area contributed by atoms with Gasteiger partial charge in [-0.25, -0.2) is 9.18 Å². The van der Waals surface area contributed by atoms with E-state index in [4.69, 9.17) is 0 Å². The smallest absolute Gasteiger partial charge is 0.322 e. The van der Waals surface area contributed by atoms with Gasteiger partial charge in [0.15, 0.2) is 0 Å². The summed E-state index contributed by atoms with van der Waals surface area (Å²) in [6.07, 6.45) is 2.14. The maximum atomic E-state index is 13.8. The lowest BCUT2D eigenvalue weighted by Crippen LogP contribution is -2.55. The number of halogens is 1. The normalized spacial score (nSPS) is 19.4. The predicted octanol–water partition coefficient (Wildman–Crippen LogP) is 1.95. The number of carbonyl (C=O) groups excluding carboxylic acids is 2. The van der Waals surface area contributed by atoms with Gasteiger partial charge in [0.1, 0.15) is 5.82 Å². The van der Waals surface area contributed by atoms with Crippen LogP contribution < -0.4 is 10.6 Å². The van der Waals surface area contributed by atoms with E-state index >= 15 is 0 Å². The molecule has 6 nitrogen and oxygen atoms in total. The average Bonchev–Trinajstić information content (AvgIpc) is 3.41. The number of anilines is 1. The van der Waals surface area contributed by atoms with Gasteiger partial charge in [0.25, 0.3) is 0 Å². The maximum absolute atomic E-state index is 13.8. The zero-order valence-electron chi connectivity index (χ0n) is 14.7. The van der Waals surface area contributed by atoms with Crippen molar-refractivity contribution < 1.29 is 14.0 Å². The molecule has 1 saturated carbocycles. The van der Waals surface area contributed by atoms with E-state index in [1.807, 2.05) is 13.8 Å². The van der Waals surface area contributed by atoms with E-state index in [9.17, 15) is 14.0 Å². The standard InChI is InChI=1S/C18H25FN4O2/c1-12-3-6-15(19)16(11-12)21-18(25)23-9-7-22(8-10-23)13(2)17(24)20-14-4-5-14/h3,6,11,13-14H,4-5,7-10H2,1-2H3,(H,20,24)(H,21,25). The summed E-state index contributed by atoms with van der Waals surface area (Å²) in [5.41, 5.74) is 1.08. The van der Waals surface area contributed by atoms with Gasteiger partial charge in [-0.15, -0.1) is 0 Å². The van der Waals surface area contributed by atoms with Crippen molar-refractivity contribution in [3.05, 3.63) is 29.6 Å². The quantitative estimate of drug-likeness (QED) is 0.874. The second-order valence-electron chi connectivity index (χ2n) is 6.90. The molecule has 1 heterocycles. The van der Waals surface area contributed by atoms with E-state index in [0.717, 1.165) is 18.4 Å². The van der Waals surface area contributed by atoms with E-state index in [1.165, 1.54) is 6.07 Å². The number of benzene rings is 1. The van der Waals surface area contributed by atoms with Crippen LogP contribution in [-0.2, 0) is 4.79 Å². The number of nitrogens with one attached hydrogen (secondary N) is 2. The van der Waals surface area contributed by atoms with Crippen LogP contribution in [0.1, 0.15) is 25.3 Å². The molecule has 2 aliphatic rings. The van der Waals surface area contributed by atoms with Gasteiger partial charge in [0.2, 0.25) is 5.91 Å². The summed E-state index contributed by atoms with van der Waals surface area (Å²) in [6, 6.07) is 4.49. The van der Waals surface area contributed by atoms with Gasteiger partial charge in [-0.05, 0) is 44.4 Å². The van der Waals surface area contributed by atoms with Crippen LogP contribution in [0.25, 0.3) is 0 Å². The molecular formula is C18H25FN4O2. The Labute approximate surface area is 147 Å². The summed E-state index contributed by atoms with van der Waals surface area (Å²) in [6.45, 7) is 6.03. The van der Waals surface area contributed by atoms with Gasteiger partial charge in [-0.1, -0.05) is 6.07 Å². The number of urea groups is 1. The maximum Gasteiger partial charge on any atom is 0.322 e. The molecule has 0 radical (unpaired) electrons. The van der Waals surface area contributed by atoms with Crippen molar-refractivity contribution in [3.8, 4) is 0 Å². The van der Waals surface area contributed by atoms with E-state index in [-0.39, 0.29) is 23.7 Å². The number of nitrogens with zero attached hydrogens (tertiary/aromatic N) is 2. The van der Waals surface area contributed by atoms with Crippen LogP contribution >= 0.6 is 0 Å². The topological polar surface area (TPSA) is 64.7 Å². The molecule has 1 aromatic rings. The Balaban J connectivity index is 1.50. The van der Waals surface area contributed by atoms with Gasteiger partial charge in [-0.2, -0.15) is 0 Å². The lowest BCUT2D eigenvalue weighted by atomic mass is 10.2. The first-order valence-corrected chi connectivity index (χ1v) is 8.80. The fraction of sp³-hybridized carbons (Fsp3) is 0.556. The number of piperazine rings is 1. The Morgan fingerprint density at radius 3 is 2.52 bits per heavy atom. The molecular weight excluding hydrogens is 323 g/mol. The number of rotatable bonds is 4. The molecule has 1 unspecified atom stereocenters. The average molecular weight is 348 g/mol. The highest BCUT2D eigenvalue weighted by Gasteiger charge is 2.31. The SMILES string of the molecule is Cc1ccc(F)c(NC(=O)N2CCN(C(C)C(=O)NC3CC3)CC2)c1. The first kappa shape index (κ1) is 17.7. The van der Waals surface area contributed by atoms with Crippen LogP contribution in [0.4, 0.5) is 14.9 Å². The first-order valence-electron chi connectivity index (χ1n) is 8.80. The number of carbonyl (C=O) groups is 2. The number of hydrogen-bond donors (Lipinski definition) is 2. The highest BCUT2D eigenvalue weighted by molar-refractivity contribution is 5.89. The first-order chi connectivity index (χ1) is 11.9. The van der Waals surface area contributed by atoms with Crippen molar-refractivity contribution >= 4 is 17.6 Å². The van der Waals surface area contributed by atoms with Crippen LogP contribution in [0.5, 0.6) is 0 Å². The molecule has 0 bridgehead atoms. The molecule has 1 aliphatic carbocycles. The molecule has 7 heteroatoms.